The maximum Gasteiger partial charge on any atom is 0.416 e. The van der Waals surface area contributed by atoms with Gasteiger partial charge in [0, 0.05) is 26.2 Å². The second-order valence-electron chi connectivity index (χ2n) is 6.80. The molecule has 1 heterocycles. The number of nitrogens with zero attached hydrogens (tertiary/aromatic N) is 2. The summed E-state index contributed by atoms with van der Waals surface area (Å²) in [6.45, 7) is 1.67. The van der Waals surface area contributed by atoms with Crippen LogP contribution in [-0.4, -0.2) is 43.8 Å². The third kappa shape index (κ3) is 5.12. The first-order valence-corrected chi connectivity index (χ1v) is 10.3. The van der Waals surface area contributed by atoms with E-state index < -0.39 is 33.4 Å². The highest BCUT2D eigenvalue weighted by molar-refractivity contribution is 7.89. The van der Waals surface area contributed by atoms with E-state index in [2.05, 4.69) is 0 Å². The molecule has 0 radical (unpaired) electrons. The molecule has 0 N–H and O–H groups in total. The molecule has 2 aromatic carbocycles. The Bertz CT molecular complexity index is 962. The van der Waals surface area contributed by atoms with Crippen LogP contribution in [0.3, 0.4) is 0 Å². The molecular weight excluding hydrogens is 415 g/mol. The van der Waals surface area contributed by atoms with Crippen LogP contribution in [0.4, 0.5) is 22.0 Å². The summed E-state index contributed by atoms with van der Waals surface area (Å²) in [5.74, 6) is -2.35. The minimum Gasteiger partial charge on any atom is -0.298 e. The average molecular weight is 434 g/mol. The monoisotopic (exact) mass is 434 g/mol. The predicted octanol–water partition coefficient (Wildman–Crippen LogP) is 3.88. The lowest BCUT2D eigenvalue weighted by Gasteiger charge is -2.22. The number of sulfonamides is 1. The Labute approximate surface area is 165 Å². The lowest BCUT2D eigenvalue weighted by atomic mass is 10.1. The molecule has 4 nitrogen and oxygen atoms in total. The highest BCUT2D eigenvalue weighted by atomic mass is 32.2. The minimum absolute atomic E-state index is 0.141. The quantitative estimate of drug-likeness (QED) is 0.686. The molecule has 0 saturated carbocycles. The summed E-state index contributed by atoms with van der Waals surface area (Å²) in [7, 11) is -3.97. The number of alkyl halides is 3. The molecule has 3 rings (SSSR count). The van der Waals surface area contributed by atoms with Crippen molar-refractivity contribution in [1.82, 2.24) is 9.21 Å². The van der Waals surface area contributed by atoms with Gasteiger partial charge in [0.05, 0.1) is 10.5 Å². The molecule has 0 atom stereocenters. The van der Waals surface area contributed by atoms with Crippen molar-refractivity contribution in [2.45, 2.75) is 24.0 Å². The van der Waals surface area contributed by atoms with Gasteiger partial charge in [-0.3, -0.25) is 4.90 Å². The van der Waals surface area contributed by atoms with Gasteiger partial charge in [-0.05, 0) is 48.9 Å². The van der Waals surface area contributed by atoms with E-state index in [0.29, 0.717) is 37.7 Å². The molecule has 0 aliphatic carbocycles. The normalized spacial score (nSPS) is 17.3. The van der Waals surface area contributed by atoms with Gasteiger partial charge in [0.25, 0.3) is 0 Å². The van der Waals surface area contributed by atoms with E-state index in [-0.39, 0.29) is 18.0 Å². The second kappa shape index (κ2) is 8.37. The summed E-state index contributed by atoms with van der Waals surface area (Å²) in [5, 5.41) is 0. The van der Waals surface area contributed by atoms with Crippen molar-refractivity contribution < 1.29 is 30.4 Å². The van der Waals surface area contributed by atoms with Crippen LogP contribution in [-0.2, 0) is 22.7 Å². The highest BCUT2D eigenvalue weighted by Gasteiger charge is 2.30. The molecular formula is C19H19F5N2O2S. The van der Waals surface area contributed by atoms with E-state index in [0.717, 1.165) is 24.3 Å². The minimum atomic E-state index is -4.39. The van der Waals surface area contributed by atoms with Crippen LogP contribution in [0.1, 0.15) is 17.5 Å². The molecule has 0 amide bonds. The van der Waals surface area contributed by atoms with Gasteiger partial charge in [0.1, 0.15) is 0 Å². The number of hydrogen-bond acceptors (Lipinski definition) is 3. The molecule has 2 aromatic rings. The number of rotatable bonds is 4. The van der Waals surface area contributed by atoms with E-state index in [1.165, 1.54) is 16.4 Å². The van der Waals surface area contributed by atoms with E-state index in [4.69, 9.17) is 0 Å². The highest BCUT2D eigenvalue weighted by Crippen LogP contribution is 2.29. The van der Waals surface area contributed by atoms with Crippen LogP contribution < -0.4 is 0 Å². The van der Waals surface area contributed by atoms with Gasteiger partial charge in [0.2, 0.25) is 10.0 Å². The van der Waals surface area contributed by atoms with Gasteiger partial charge in [-0.2, -0.15) is 17.5 Å². The fraction of sp³-hybridized carbons (Fsp3) is 0.368. The van der Waals surface area contributed by atoms with Crippen LogP contribution in [0.2, 0.25) is 0 Å². The molecule has 0 bridgehead atoms. The zero-order valence-corrected chi connectivity index (χ0v) is 16.1. The van der Waals surface area contributed by atoms with E-state index in [1.54, 1.807) is 0 Å². The molecule has 158 valence electrons. The summed E-state index contributed by atoms with van der Waals surface area (Å²) in [6.07, 6.45) is -3.89. The van der Waals surface area contributed by atoms with Crippen LogP contribution in [0.5, 0.6) is 0 Å². The van der Waals surface area contributed by atoms with Gasteiger partial charge in [0.15, 0.2) is 11.6 Å². The maximum atomic E-state index is 13.4. The predicted molar refractivity (Wildman–Crippen MR) is 96.5 cm³/mol. The average Bonchev–Trinajstić information content (AvgIpc) is 2.90. The van der Waals surface area contributed by atoms with Crippen molar-refractivity contribution in [3.63, 3.8) is 0 Å². The Hall–Kier alpha value is -2.04. The zero-order chi connectivity index (χ0) is 21.2. The summed E-state index contributed by atoms with van der Waals surface area (Å²) in [6, 6.07) is 7.32. The van der Waals surface area contributed by atoms with Crippen molar-refractivity contribution in [3.8, 4) is 0 Å². The third-order valence-electron chi connectivity index (χ3n) is 4.76. The Morgan fingerprint density at radius 1 is 0.862 bits per heavy atom. The van der Waals surface area contributed by atoms with Gasteiger partial charge in [-0.15, -0.1) is 0 Å². The largest absolute Gasteiger partial charge is 0.416 e. The Balaban J connectivity index is 1.66. The van der Waals surface area contributed by atoms with Gasteiger partial charge >= 0.3 is 6.18 Å². The summed E-state index contributed by atoms with van der Waals surface area (Å²) < 4.78 is 91.1. The Morgan fingerprint density at radius 2 is 1.55 bits per heavy atom. The third-order valence-corrected chi connectivity index (χ3v) is 6.66. The van der Waals surface area contributed by atoms with E-state index in [1.807, 2.05) is 4.90 Å². The molecule has 29 heavy (non-hydrogen) atoms. The van der Waals surface area contributed by atoms with Crippen molar-refractivity contribution in [2.75, 3.05) is 26.2 Å². The SMILES string of the molecule is O=S(=O)(c1ccc(F)c(F)c1)N1CCCN(Cc2ccc(C(F)(F)F)cc2)CC1. The Kier molecular flexibility index (Phi) is 6.25. The summed E-state index contributed by atoms with van der Waals surface area (Å²) in [5.41, 5.74) is -0.0316. The lowest BCUT2D eigenvalue weighted by Crippen LogP contribution is -2.35. The van der Waals surface area contributed by atoms with Gasteiger partial charge in [-0.25, -0.2) is 17.2 Å². The fourth-order valence-electron chi connectivity index (χ4n) is 3.19. The van der Waals surface area contributed by atoms with Crippen LogP contribution in [0.25, 0.3) is 0 Å². The van der Waals surface area contributed by atoms with Crippen LogP contribution in [0, 0.1) is 11.6 Å². The molecule has 0 aromatic heterocycles. The second-order valence-corrected chi connectivity index (χ2v) is 8.74. The number of hydrogen-bond donors (Lipinski definition) is 0. The first kappa shape index (κ1) is 21.7. The zero-order valence-electron chi connectivity index (χ0n) is 15.3. The topological polar surface area (TPSA) is 40.6 Å². The summed E-state index contributed by atoms with van der Waals surface area (Å²) >= 11 is 0. The Morgan fingerprint density at radius 3 is 2.17 bits per heavy atom. The molecule has 1 aliphatic heterocycles. The molecule has 1 saturated heterocycles. The standard InChI is InChI=1S/C19H19F5N2O2S/c20-17-7-6-16(12-18(17)21)29(27,28)26-9-1-8-25(10-11-26)13-14-2-4-15(5-3-14)19(22,23)24/h2-7,12H,1,8-11,13H2. The molecule has 1 fully saturated rings. The molecule has 1 aliphatic rings. The van der Waals surface area contributed by atoms with Crippen LogP contribution in [0.15, 0.2) is 47.4 Å². The number of halogens is 5. The molecule has 0 spiro atoms. The molecule has 10 heteroatoms. The first-order chi connectivity index (χ1) is 13.6. The van der Waals surface area contributed by atoms with Gasteiger partial charge < -0.3 is 0 Å². The van der Waals surface area contributed by atoms with Gasteiger partial charge in [-0.1, -0.05) is 12.1 Å². The van der Waals surface area contributed by atoms with Crippen molar-refractivity contribution in [2.24, 2.45) is 0 Å². The van der Waals surface area contributed by atoms with Crippen molar-refractivity contribution in [3.05, 3.63) is 65.2 Å². The van der Waals surface area contributed by atoms with Crippen molar-refractivity contribution in [1.29, 1.82) is 0 Å². The van der Waals surface area contributed by atoms with E-state index in [9.17, 15) is 30.4 Å². The first-order valence-electron chi connectivity index (χ1n) is 8.91. The smallest absolute Gasteiger partial charge is 0.298 e. The fourth-order valence-corrected chi connectivity index (χ4v) is 4.67. The van der Waals surface area contributed by atoms with E-state index >= 15 is 0 Å². The molecule has 0 unspecified atom stereocenters. The van der Waals surface area contributed by atoms with Crippen molar-refractivity contribution >= 4 is 10.0 Å². The van der Waals surface area contributed by atoms with Crippen LogP contribution >= 0.6 is 0 Å². The lowest BCUT2D eigenvalue weighted by molar-refractivity contribution is -0.137. The summed E-state index contributed by atoms with van der Waals surface area (Å²) in [4.78, 5) is 1.64. The number of benzene rings is 2. The maximum absolute atomic E-state index is 13.4.